The quantitative estimate of drug-likeness (QED) is 0.377. The Hall–Kier alpha value is -0.210. The summed E-state index contributed by atoms with van der Waals surface area (Å²) in [5.41, 5.74) is 0. The van der Waals surface area contributed by atoms with E-state index in [1.165, 1.54) is 19.3 Å². The molecule has 4 heteroatoms. The smallest absolute Gasteiger partial charge is 0.330 e. The Morgan fingerprint density at radius 3 is 2.80 bits per heavy atom. The van der Waals surface area contributed by atoms with Crippen molar-refractivity contribution in [2.75, 3.05) is 13.0 Å². The van der Waals surface area contributed by atoms with E-state index in [1.807, 2.05) is 0 Å². The van der Waals surface area contributed by atoms with E-state index in [0.717, 1.165) is 0 Å². The van der Waals surface area contributed by atoms with Gasteiger partial charge in [-0.25, -0.2) is 4.79 Å². The van der Waals surface area contributed by atoms with Crippen LogP contribution in [0.1, 0.15) is 0 Å². The Bertz CT molecular complexity index is 134. The van der Waals surface area contributed by atoms with Gasteiger partial charge >= 0.3 is 5.97 Å². The minimum absolute atomic E-state index is 0.287. The first-order chi connectivity index (χ1) is 4.70. The van der Waals surface area contributed by atoms with Crippen molar-refractivity contribution in [3.05, 3.63) is 12.2 Å². The first-order valence-corrected chi connectivity index (χ1v) is 3.64. The first kappa shape index (κ1) is 9.79. The molecule has 0 radical (unpaired) electrons. The number of carbonyl (C=O) groups excluding carboxylic acids is 1. The number of methoxy groups -OCH3 is 1. The number of carbonyl (C=O) groups is 1. The van der Waals surface area contributed by atoms with E-state index in [1.54, 1.807) is 0 Å². The van der Waals surface area contributed by atoms with E-state index < -0.39 is 5.97 Å². The summed E-state index contributed by atoms with van der Waals surface area (Å²) in [6.07, 6.45) is 2.74. The van der Waals surface area contributed by atoms with Crippen molar-refractivity contribution >= 4 is 29.2 Å². The van der Waals surface area contributed by atoms with Crippen LogP contribution in [0.5, 0.6) is 0 Å². The first-order valence-electron chi connectivity index (χ1n) is 2.67. The van der Waals surface area contributed by atoms with Crippen molar-refractivity contribution < 1.29 is 9.53 Å². The van der Waals surface area contributed by atoms with Gasteiger partial charge in [-0.05, 0) is 0 Å². The van der Waals surface area contributed by atoms with E-state index in [4.69, 9.17) is 23.2 Å². The maximum Gasteiger partial charge on any atom is 0.330 e. The van der Waals surface area contributed by atoms with Gasteiger partial charge in [-0.15, -0.1) is 23.2 Å². The molecule has 0 saturated carbocycles. The predicted octanol–water partition coefficient (Wildman–Crippen LogP) is 1.56. The molecule has 0 aromatic heterocycles. The SMILES string of the molecule is COC(=O)C=CC(Cl)CCl. The average molecular weight is 183 g/mol. The minimum atomic E-state index is -0.421. The Labute approximate surface area is 69.8 Å². The Morgan fingerprint density at radius 1 is 1.80 bits per heavy atom. The van der Waals surface area contributed by atoms with Crippen LogP contribution in [0.25, 0.3) is 0 Å². The van der Waals surface area contributed by atoms with Crippen molar-refractivity contribution in [2.24, 2.45) is 0 Å². The molecule has 10 heavy (non-hydrogen) atoms. The molecule has 0 heterocycles. The third-order valence-corrected chi connectivity index (χ3v) is 1.58. The highest BCUT2D eigenvalue weighted by atomic mass is 35.5. The number of esters is 1. The zero-order valence-corrected chi connectivity index (χ0v) is 7.02. The highest BCUT2D eigenvalue weighted by molar-refractivity contribution is 6.29. The van der Waals surface area contributed by atoms with Crippen LogP contribution in [0.2, 0.25) is 0 Å². The number of hydrogen-bond donors (Lipinski definition) is 0. The molecule has 0 fully saturated rings. The fourth-order valence-corrected chi connectivity index (χ4v) is 0.478. The maximum atomic E-state index is 10.4. The van der Waals surface area contributed by atoms with Crippen molar-refractivity contribution in [3.63, 3.8) is 0 Å². The molecule has 0 rings (SSSR count). The molecule has 0 aromatic rings. The summed E-state index contributed by atoms with van der Waals surface area (Å²) in [4.78, 5) is 10.4. The van der Waals surface area contributed by atoms with Crippen molar-refractivity contribution in [1.82, 2.24) is 0 Å². The van der Waals surface area contributed by atoms with E-state index in [9.17, 15) is 4.79 Å². The molecule has 0 bridgehead atoms. The normalized spacial score (nSPS) is 13.5. The number of hydrogen-bond acceptors (Lipinski definition) is 2. The van der Waals surface area contributed by atoms with Gasteiger partial charge in [-0.2, -0.15) is 0 Å². The third-order valence-electron chi connectivity index (χ3n) is 0.790. The van der Waals surface area contributed by atoms with Gasteiger partial charge in [-0.1, -0.05) is 6.08 Å². The fraction of sp³-hybridized carbons (Fsp3) is 0.500. The summed E-state index contributed by atoms with van der Waals surface area (Å²) in [6, 6.07) is 0. The molecular weight excluding hydrogens is 175 g/mol. The standard InChI is InChI=1S/C6H8Cl2O2/c1-10-6(9)3-2-5(8)4-7/h2-3,5H,4H2,1H3. The summed E-state index contributed by atoms with van der Waals surface area (Å²) in [5, 5.41) is -0.305. The number of ether oxygens (including phenoxy) is 1. The van der Waals surface area contributed by atoms with Crippen LogP contribution >= 0.6 is 23.2 Å². The summed E-state index contributed by atoms with van der Waals surface area (Å²) < 4.78 is 4.32. The minimum Gasteiger partial charge on any atom is -0.466 e. The molecular formula is C6H8Cl2O2. The van der Waals surface area contributed by atoms with Crippen LogP contribution in [-0.2, 0) is 9.53 Å². The third kappa shape index (κ3) is 4.65. The van der Waals surface area contributed by atoms with Gasteiger partial charge in [0.05, 0.1) is 12.5 Å². The lowest BCUT2D eigenvalue weighted by molar-refractivity contribution is -0.134. The van der Waals surface area contributed by atoms with Crippen LogP contribution in [-0.4, -0.2) is 24.3 Å². The van der Waals surface area contributed by atoms with E-state index in [-0.39, 0.29) is 11.3 Å². The van der Waals surface area contributed by atoms with Gasteiger partial charge in [0.2, 0.25) is 0 Å². The highest BCUT2D eigenvalue weighted by Gasteiger charge is 1.97. The van der Waals surface area contributed by atoms with Gasteiger partial charge in [0.25, 0.3) is 0 Å². The van der Waals surface area contributed by atoms with Crippen LogP contribution < -0.4 is 0 Å². The lowest BCUT2D eigenvalue weighted by Crippen LogP contribution is -1.98. The molecule has 0 N–H and O–H groups in total. The second kappa shape index (κ2) is 5.57. The van der Waals surface area contributed by atoms with Crippen LogP contribution in [0.15, 0.2) is 12.2 Å². The van der Waals surface area contributed by atoms with Crippen LogP contribution in [0.4, 0.5) is 0 Å². The monoisotopic (exact) mass is 182 g/mol. The number of alkyl halides is 2. The zero-order valence-electron chi connectivity index (χ0n) is 5.51. The maximum absolute atomic E-state index is 10.4. The molecule has 0 amide bonds. The average Bonchev–Trinajstić information content (AvgIpc) is 1.99. The largest absolute Gasteiger partial charge is 0.466 e. The van der Waals surface area contributed by atoms with Gasteiger partial charge in [0.1, 0.15) is 0 Å². The van der Waals surface area contributed by atoms with Gasteiger partial charge in [-0.3, -0.25) is 0 Å². The number of allylic oxidation sites excluding steroid dienone is 1. The van der Waals surface area contributed by atoms with Gasteiger partial charge in [0.15, 0.2) is 0 Å². The van der Waals surface area contributed by atoms with E-state index in [2.05, 4.69) is 4.74 Å². The number of rotatable bonds is 3. The number of halogens is 2. The Kier molecular flexibility index (Phi) is 5.45. The predicted molar refractivity (Wildman–Crippen MR) is 41.5 cm³/mol. The van der Waals surface area contributed by atoms with Crippen LogP contribution in [0.3, 0.4) is 0 Å². The summed E-state index contributed by atoms with van der Waals surface area (Å²) in [6.45, 7) is 0. The molecule has 2 nitrogen and oxygen atoms in total. The second-order valence-corrected chi connectivity index (χ2v) is 2.42. The highest BCUT2D eigenvalue weighted by Crippen LogP contribution is 1.99. The van der Waals surface area contributed by atoms with Crippen LogP contribution in [0, 0.1) is 0 Å². The summed E-state index contributed by atoms with van der Waals surface area (Å²) in [7, 11) is 1.30. The molecule has 0 aliphatic rings. The Morgan fingerprint density at radius 2 is 2.40 bits per heavy atom. The molecule has 1 atom stereocenters. The van der Waals surface area contributed by atoms with E-state index >= 15 is 0 Å². The molecule has 58 valence electrons. The van der Waals surface area contributed by atoms with Gasteiger partial charge in [0, 0.05) is 12.0 Å². The fourth-order valence-electron chi connectivity index (χ4n) is 0.302. The van der Waals surface area contributed by atoms with Gasteiger partial charge < -0.3 is 4.74 Å². The zero-order chi connectivity index (χ0) is 7.98. The Balaban J connectivity index is 3.63. The topological polar surface area (TPSA) is 26.3 Å². The molecule has 1 unspecified atom stereocenters. The van der Waals surface area contributed by atoms with Crippen molar-refractivity contribution in [2.45, 2.75) is 5.38 Å². The molecule has 0 aliphatic heterocycles. The summed E-state index contributed by atoms with van der Waals surface area (Å²) in [5.74, 6) is -0.134. The molecule has 0 aromatic carbocycles. The van der Waals surface area contributed by atoms with E-state index in [0.29, 0.717) is 0 Å². The van der Waals surface area contributed by atoms with Crippen molar-refractivity contribution in [1.29, 1.82) is 0 Å². The molecule has 0 aliphatic carbocycles. The second-order valence-electron chi connectivity index (χ2n) is 1.55. The summed E-state index contributed by atoms with van der Waals surface area (Å²) >= 11 is 10.9. The molecule has 0 saturated heterocycles. The molecule has 0 spiro atoms. The van der Waals surface area contributed by atoms with Crippen molar-refractivity contribution in [3.8, 4) is 0 Å². The lowest BCUT2D eigenvalue weighted by atomic mass is 10.4. The lowest BCUT2D eigenvalue weighted by Gasteiger charge is -1.94.